The highest BCUT2D eigenvalue weighted by atomic mass is 16.4. The highest BCUT2D eigenvalue weighted by molar-refractivity contribution is 5.85. The van der Waals surface area contributed by atoms with Gasteiger partial charge in [0.05, 0.1) is 0 Å². The maximum absolute atomic E-state index is 9.60. The normalized spacial score (nSPS) is 8.10. The minimum atomic E-state index is -0.935. The van der Waals surface area contributed by atoms with Crippen molar-refractivity contribution in [2.75, 3.05) is 0 Å². The zero-order valence-corrected chi connectivity index (χ0v) is 14.3. The molecule has 0 aliphatic heterocycles. The average Bonchev–Trinajstić information content (AvgIpc) is 2.15. The zero-order valence-electron chi connectivity index (χ0n) is 14.3. The predicted octanol–water partition coefficient (Wildman–Crippen LogP) is 4.62. The van der Waals surface area contributed by atoms with Crippen LogP contribution in [0.3, 0.4) is 0 Å². The number of hydrogen-bond donors (Lipinski definition) is 2. The summed E-state index contributed by atoms with van der Waals surface area (Å²) >= 11 is 0. The van der Waals surface area contributed by atoms with Crippen LogP contribution >= 0.6 is 0 Å². The molecule has 0 saturated heterocycles. The lowest BCUT2D eigenvalue weighted by Crippen LogP contribution is -1.92. The Morgan fingerprint density at radius 2 is 0.750 bits per heavy atom. The van der Waals surface area contributed by atoms with E-state index in [1.165, 1.54) is 13.8 Å². The Morgan fingerprint density at radius 3 is 0.750 bits per heavy atom. The van der Waals surface area contributed by atoms with Gasteiger partial charge in [-0.15, -0.1) is 0 Å². The molecular formula is C16H32O4. The molecule has 0 rings (SSSR count). The molecule has 0 aromatic rings. The number of carboxylic acid groups (broad SMARTS) is 2. The number of aliphatic carboxylic acids is 2. The van der Waals surface area contributed by atoms with Gasteiger partial charge in [-0.1, -0.05) is 54.7 Å². The Hall–Kier alpha value is -1.58. The molecule has 0 fully saturated rings. The SMILES string of the molecule is C=C(C)C(=O)O.C=C(C)C(=O)O.CC(C)C.CC(C)C. The minimum absolute atomic E-state index is 0.176. The van der Waals surface area contributed by atoms with Crippen molar-refractivity contribution in [3.05, 3.63) is 24.3 Å². The molecule has 0 atom stereocenters. The summed E-state index contributed by atoms with van der Waals surface area (Å²) in [5.41, 5.74) is 0.352. The van der Waals surface area contributed by atoms with Crippen LogP contribution in [0.15, 0.2) is 24.3 Å². The zero-order chi connectivity index (χ0) is 17.5. The van der Waals surface area contributed by atoms with E-state index < -0.39 is 11.9 Å². The van der Waals surface area contributed by atoms with Crippen molar-refractivity contribution >= 4 is 11.9 Å². The third-order valence-corrected chi connectivity index (χ3v) is 0.730. The lowest BCUT2D eigenvalue weighted by atomic mass is 10.3. The lowest BCUT2D eigenvalue weighted by Gasteiger charge is -1.79. The number of carbonyl (C=O) groups is 2. The fourth-order valence-corrected chi connectivity index (χ4v) is 0. The summed E-state index contributed by atoms with van der Waals surface area (Å²) < 4.78 is 0. The van der Waals surface area contributed by atoms with Gasteiger partial charge in [0.25, 0.3) is 0 Å². The fourth-order valence-electron chi connectivity index (χ4n) is 0. The van der Waals surface area contributed by atoms with Crippen LogP contribution in [0.5, 0.6) is 0 Å². The molecule has 0 amide bonds. The maximum Gasteiger partial charge on any atom is 0.330 e. The number of hydrogen-bond acceptors (Lipinski definition) is 2. The van der Waals surface area contributed by atoms with Crippen LogP contribution in [0.1, 0.15) is 55.4 Å². The van der Waals surface area contributed by atoms with Crippen molar-refractivity contribution in [1.29, 1.82) is 0 Å². The highest BCUT2D eigenvalue weighted by Gasteiger charge is 1.90. The van der Waals surface area contributed by atoms with Crippen molar-refractivity contribution < 1.29 is 19.8 Å². The average molecular weight is 288 g/mol. The first-order chi connectivity index (χ1) is 8.75. The highest BCUT2D eigenvalue weighted by Crippen LogP contribution is 1.82. The molecule has 0 radical (unpaired) electrons. The van der Waals surface area contributed by atoms with Crippen LogP contribution in [0, 0.1) is 11.8 Å². The van der Waals surface area contributed by atoms with Gasteiger partial charge in [-0.25, -0.2) is 9.59 Å². The Balaban J connectivity index is -0.0000000871. The van der Waals surface area contributed by atoms with Crippen molar-refractivity contribution in [2.45, 2.75) is 55.4 Å². The van der Waals surface area contributed by atoms with E-state index in [4.69, 9.17) is 10.2 Å². The van der Waals surface area contributed by atoms with E-state index in [0.717, 1.165) is 11.8 Å². The first-order valence-corrected chi connectivity index (χ1v) is 6.53. The van der Waals surface area contributed by atoms with Gasteiger partial charge in [0.1, 0.15) is 0 Å². The second kappa shape index (κ2) is 17.4. The first-order valence-electron chi connectivity index (χ1n) is 6.53. The molecule has 0 bridgehead atoms. The molecule has 0 aliphatic carbocycles. The van der Waals surface area contributed by atoms with Crippen LogP contribution in [0.25, 0.3) is 0 Å². The van der Waals surface area contributed by atoms with Crippen LogP contribution in [-0.2, 0) is 9.59 Å². The molecule has 2 N–H and O–H groups in total. The largest absolute Gasteiger partial charge is 0.478 e. The van der Waals surface area contributed by atoms with E-state index in [2.05, 4.69) is 54.7 Å². The Kier molecular flexibility index (Phi) is 23.4. The molecule has 4 heteroatoms. The number of rotatable bonds is 2. The van der Waals surface area contributed by atoms with Gasteiger partial charge >= 0.3 is 11.9 Å². The van der Waals surface area contributed by atoms with Crippen molar-refractivity contribution in [1.82, 2.24) is 0 Å². The van der Waals surface area contributed by atoms with E-state index in [1.807, 2.05) is 0 Å². The molecule has 120 valence electrons. The van der Waals surface area contributed by atoms with Gasteiger partial charge in [0, 0.05) is 11.1 Å². The van der Waals surface area contributed by atoms with Crippen molar-refractivity contribution in [2.24, 2.45) is 11.8 Å². The van der Waals surface area contributed by atoms with E-state index in [-0.39, 0.29) is 11.1 Å². The molecule has 0 unspecified atom stereocenters. The summed E-state index contributed by atoms with van der Waals surface area (Å²) in [6.07, 6.45) is 0. The quantitative estimate of drug-likeness (QED) is 0.727. The van der Waals surface area contributed by atoms with Crippen molar-refractivity contribution in [3.8, 4) is 0 Å². The van der Waals surface area contributed by atoms with E-state index in [9.17, 15) is 9.59 Å². The Labute approximate surface area is 124 Å². The maximum atomic E-state index is 9.60. The topological polar surface area (TPSA) is 74.6 Å². The Bertz CT molecular complexity index is 229. The summed E-state index contributed by atoms with van der Waals surface area (Å²) in [4.78, 5) is 19.2. The second-order valence-electron chi connectivity index (χ2n) is 5.64. The standard InChI is InChI=1S/2C4H6O2.2C4H10/c2*1-3(2)4(5)6;2*1-4(2)3/h2*1H2,2H3,(H,5,6);2*4H,1-3H3. The van der Waals surface area contributed by atoms with Gasteiger partial charge in [-0.2, -0.15) is 0 Å². The van der Waals surface area contributed by atoms with Gasteiger partial charge < -0.3 is 10.2 Å². The lowest BCUT2D eigenvalue weighted by molar-refractivity contribution is -0.133. The van der Waals surface area contributed by atoms with Gasteiger partial charge in [0.15, 0.2) is 0 Å². The third kappa shape index (κ3) is 94.7. The van der Waals surface area contributed by atoms with E-state index >= 15 is 0 Å². The second-order valence-corrected chi connectivity index (χ2v) is 5.64. The summed E-state index contributed by atoms with van der Waals surface area (Å²) in [5.74, 6) is -0.204. The third-order valence-electron chi connectivity index (χ3n) is 0.730. The molecule has 20 heavy (non-hydrogen) atoms. The molecule has 0 saturated carbocycles. The molecule has 0 aliphatic rings. The summed E-state index contributed by atoms with van der Waals surface area (Å²) in [6.45, 7) is 22.2. The van der Waals surface area contributed by atoms with Crippen LogP contribution < -0.4 is 0 Å². The summed E-state index contributed by atoms with van der Waals surface area (Å²) in [7, 11) is 0. The predicted molar refractivity (Wildman–Crippen MR) is 85.9 cm³/mol. The van der Waals surface area contributed by atoms with Gasteiger partial charge in [0.2, 0.25) is 0 Å². The van der Waals surface area contributed by atoms with Crippen LogP contribution in [-0.4, -0.2) is 22.2 Å². The minimum Gasteiger partial charge on any atom is -0.478 e. The fraction of sp³-hybridized carbons (Fsp3) is 0.625. The smallest absolute Gasteiger partial charge is 0.330 e. The number of carboxylic acids is 2. The summed E-state index contributed by atoms with van der Waals surface area (Å²) in [6, 6.07) is 0. The molecule has 0 heterocycles. The van der Waals surface area contributed by atoms with E-state index in [0.29, 0.717) is 0 Å². The monoisotopic (exact) mass is 288 g/mol. The molecule has 0 aromatic carbocycles. The van der Waals surface area contributed by atoms with E-state index in [1.54, 1.807) is 0 Å². The van der Waals surface area contributed by atoms with Gasteiger partial charge in [-0.05, 0) is 25.7 Å². The summed E-state index contributed by atoms with van der Waals surface area (Å²) in [5, 5.41) is 15.8. The molecule has 4 nitrogen and oxygen atoms in total. The first kappa shape index (κ1) is 26.9. The van der Waals surface area contributed by atoms with Crippen molar-refractivity contribution in [3.63, 3.8) is 0 Å². The van der Waals surface area contributed by atoms with Crippen LogP contribution in [0.4, 0.5) is 0 Å². The molecule has 0 spiro atoms. The van der Waals surface area contributed by atoms with Crippen LogP contribution in [0.2, 0.25) is 0 Å². The Morgan fingerprint density at radius 1 is 0.700 bits per heavy atom. The van der Waals surface area contributed by atoms with Gasteiger partial charge in [-0.3, -0.25) is 0 Å². The molecular weight excluding hydrogens is 256 g/mol. The molecule has 0 aromatic heterocycles.